The standard InChI is InChI=1S/C34H39N5O2/c1-4-31(40)39-16-13-34(22-35,14-17-39)32-28-12-11-25(29-19-23(2)18-24-8-5-6-10-27(24)29)20-30(28)36-33(37-32)41-21-26-9-7-15-38(26)3/h4-6,8,10,18-19,25-26H,1,7,9,11-17,20-21H2,2-3H3/t25?,26-/m0/s1. The Morgan fingerprint density at radius 2 is 2.00 bits per heavy atom. The zero-order valence-corrected chi connectivity index (χ0v) is 24.2. The minimum Gasteiger partial charge on any atom is -0.462 e. The maximum atomic E-state index is 12.3. The monoisotopic (exact) mass is 549 g/mol. The first kappa shape index (κ1) is 27.4. The van der Waals surface area contributed by atoms with Crippen molar-refractivity contribution in [2.24, 2.45) is 0 Å². The average molecular weight is 550 g/mol. The van der Waals surface area contributed by atoms with Crippen molar-refractivity contribution in [2.45, 2.75) is 69.2 Å². The van der Waals surface area contributed by atoms with Crippen LogP contribution >= 0.6 is 0 Å². The number of nitriles is 1. The Labute approximate surface area is 242 Å². The van der Waals surface area contributed by atoms with E-state index in [1.807, 2.05) is 0 Å². The molecule has 0 spiro atoms. The molecule has 6 rings (SSSR count). The summed E-state index contributed by atoms with van der Waals surface area (Å²) in [5, 5.41) is 13.2. The normalized spacial score (nSPS) is 22.2. The molecule has 3 aromatic rings. The zero-order chi connectivity index (χ0) is 28.6. The van der Waals surface area contributed by atoms with Gasteiger partial charge in [0.15, 0.2) is 0 Å². The molecule has 0 bridgehead atoms. The van der Waals surface area contributed by atoms with Gasteiger partial charge in [0.25, 0.3) is 0 Å². The molecule has 2 atom stereocenters. The Morgan fingerprint density at radius 1 is 1.20 bits per heavy atom. The van der Waals surface area contributed by atoms with Crippen molar-refractivity contribution < 1.29 is 9.53 Å². The van der Waals surface area contributed by atoms with E-state index in [1.54, 1.807) is 4.90 Å². The van der Waals surface area contributed by atoms with Crippen molar-refractivity contribution in [3.63, 3.8) is 0 Å². The Bertz CT molecular complexity index is 1520. The third kappa shape index (κ3) is 5.22. The highest BCUT2D eigenvalue weighted by Crippen LogP contribution is 2.43. The van der Waals surface area contributed by atoms with Gasteiger partial charge in [0, 0.05) is 19.1 Å². The third-order valence-electron chi connectivity index (χ3n) is 9.58. The molecule has 2 saturated heterocycles. The molecule has 0 saturated carbocycles. The lowest BCUT2D eigenvalue weighted by Crippen LogP contribution is -2.45. The fourth-order valence-corrected chi connectivity index (χ4v) is 7.15. The number of rotatable bonds is 6. The highest BCUT2D eigenvalue weighted by molar-refractivity contribution is 5.87. The predicted molar refractivity (Wildman–Crippen MR) is 160 cm³/mol. The summed E-state index contributed by atoms with van der Waals surface area (Å²) < 4.78 is 6.30. The van der Waals surface area contributed by atoms with Gasteiger partial charge in [-0.2, -0.15) is 15.2 Å². The van der Waals surface area contributed by atoms with E-state index < -0.39 is 5.41 Å². The number of likely N-dealkylation sites (tertiary alicyclic amines) is 2. The predicted octanol–water partition coefficient (Wildman–Crippen LogP) is 5.25. The minimum absolute atomic E-state index is 0.0841. The van der Waals surface area contributed by atoms with Gasteiger partial charge < -0.3 is 14.5 Å². The number of nitrogens with zero attached hydrogens (tertiary/aromatic N) is 5. The summed E-state index contributed by atoms with van der Waals surface area (Å²) in [6.07, 6.45) is 7.31. The average Bonchev–Trinajstić information content (AvgIpc) is 3.42. The van der Waals surface area contributed by atoms with Crippen LogP contribution in [0.1, 0.15) is 66.1 Å². The number of fused-ring (bicyclic) bond motifs is 2. The molecule has 3 aliphatic rings. The molecule has 2 aromatic carbocycles. The number of benzene rings is 2. The molecule has 7 nitrogen and oxygen atoms in total. The highest BCUT2D eigenvalue weighted by atomic mass is 16.5. The molecule has 1 aliphatic carbocycles. The lowest BCUT2D eigenvalue weighted by molar-refractivity contribution is -0.127. The van der Waals surface area contributed by atoms with E-state index >= 15 is 0 Å². The molecule has 2 aliphatic heterocycles. The number of carbonyl (C=O) groups excluding carboxylic acids is 1. The number of aryl methyl sites for hydroxylation is 1. The number of aromatic nitrogens is 2. The van der Waals surface area contributed by atoms with Gasteiger partial charge >= 0.3 is 6.01 Å². The van der Waals surface area contributed by atoms with Crippen molar-refractivity contribution >= 4 is 16.7 Å². The van der Waals surface area contributed by atoms with Crippen molar-refractivity contribution in [1.29, 1.82) is 5.26 Å². The highest BCUT2D eigenvalue weighted by Gasteiger charge is 2.42. The molecule has 212 valence electrons. The molecule has 1 amide bonds. The number of carbonyl (C=O) groups is 1. The number of amides is 1. The van der Waals surface area contributed by atoms with Gasteiger partial charge in [-0.15, -0.1) is 0 Å². The number of hydrogen-bond acceptors (Lipinski definition) is 6. The molecule has 1 aromatic heterocycles. The van der Waals surface area contributed by atoms with Gasteiger partial charge in [0.2, 0.25) is 5.91 Å². The maximum absolute atomic E-state index is 12.3. The maximum Gasteiger partial charge on any atom is 0.316 e. The van der Waals surface area contributed by atoms with Gasteiger partial charge in [-0.05, 0) is 99.4 Å². The fourth-order valence-electron chi connectivity index (χ4n) is 7.15. The van der Waals surface area contributed by atoms with Crippen LogP contribution in [0, 0.1) is 18.3 Å². The largest absolute Gasteiger partial charge is 0.462 e. The van der Waals surface area contributed by atoms with E-state index in [1.165, 1.54) is 34.4 Å². The number of hydrogen-bond donors (Lipinski definition) is 0. The van der Waals surface area contributed by atoms with Gasteiger partial charge in [0.05, 0.1) is 17.5 Å². The first-order valence-corrected chi connectivity index (χ1v) is 15.0. The zero-order valence-electron chi connectivity index (χ0n) is 24.2. The second kappa shape index (κ2) is 11.3. The van der Waals surface area contributed by atoms with Crippen LogP contribution in [-0.4, -0.2) is 65.0 Å². The van der Waals surface area contributed by atoms with Crippen LogP contribution in [0.25, 0.3) is 10.8 Å². The summed E-state index contributed by atoms with van der Waals surface area (Å²) in [7, 11) is 2.14. The summed E-state index contributed by atoms with van der Waals surface area (Å²) in [6, 6.07) is 16.6. The third-order valence-corrected chi connectivity index (χ3v) is 9.58. The summed E-state index contributed by atoms with van der Waals surface area (Å²) in [5.74, 6) is 0.244. The van der Waals surface area contributed by atoms with Crippen molar-refractivity contribution in [3.05, 3.63) is 77.1 Å². The first-order chi connectivity index (χ1) is 19.9. The number of likely N-dealkylation sites (N-methyl/N-ethyl adjacent to an activating group) is 1. The second-order valence-electron chi connectivity index (χ2n) is 12.1. The van der Waals surface area contributed by atoms with Crippen LogP contribution in [0.5, 0.6) is 6.01 Å². The molecular formula is C34H39N5O2. The second-order valence-corrected chi connectivity index (χ2v) is 12.1. The van der Waals surface area contributed by atoms with E-state index in [2.05, 4.69) is 67.9 Å². The molecular weight excluding hydrogens is 510 g/mol. The topological polar surface area (TPSA) is 82.3 Å². The van der Waals surface area contributed by atoms with Gasteiger partial charge in [0.1, 0.15) is 12.0 Å². The SMILES string of the molecule is C=CC(=O)N1CCC(C#N)(c2nc(OC[C@@H]3CCCN3C)nc3c2CCC(c2cc(C)cc4ccccc24)C3)CC1. The van der Waals surface area contributed by atoms with Crippen molar-refractivity contribution in [1.82, 2.24) is 19.8 Å². The smallest absolute Gasteiger partial charge is 0.316 e. The van der Waals surface area contributed by atoms with Crippen LogP contribution in [-0.2, 0) is 23.1 Å². The lowest BCUT2D eigenvalue weighted by Gasteiger charge is -2.38. The molecule has 2 fully saturated rings. The van der Waals surface area contributed by atoms with Gasteiger partial charge in [-0.3, -0.25) is 4.79 Å². The van der Waals surface area contributed by atoms with Crippen LogP contribution in [0.2, 0.25) is 0 Å². The Hall–Kier alpha value is -3.76. The molecule has 41 heavy (non-hydrogen) atoms. The fraction of sp³-hybridized carbons (Fsp3) is 0.471. The van der Waals surface area contributed by atoms with Gasteiger partial charge in [-0.25, -0.2) is 0 Å². The Morgan fingerprint density at radius 3 is 2.73 bits per heavy atom. The lowest BCUT2D eigenvalue weighted by atomic mass is 9.71. The summed E-state index contributed by atoms with van der Waals surface area (Å²) >= 11 is 0. The van der Waals surface area contributed by atoms with E-state index in [0.29, 0.717) is 50.5 Å². The van der Waals surface area contributed by atoms with E-state index in [0.717, 1.165) is 49.2 Å². The van der Waals surface area contributed by atoms with Crippen LogP contribution in [0.3, 0.4) is 0 Å². The van der Waals surface area contributed by atoms with Crippen LogP contribution < -0.4 is 4.74 Å². The van der Waals surface area contributed by atoms with Crippen LogP contribution in [0.15, 0.2) is 49.1 Å². The molecule has 1 unspecified atom stereocenters. The van der Waals surface area contributed by atoms with Gasteiger partial charge in [-0.1, -0.05) is 48.5 Å². The summed E-state index contributed by atoms with van der Waals surface area (Å²) in [6.45, 7) is 8.45. The van der Waals surface area contributed by atoms with E-state index in [4.69, 9.17) is 14.7 Å². The Kier molecular flexibility index (Phi) is 7.52. The molecule has 0 radical (unpaired) electrons. The number of ether oxygens (including phenoxy) is 1. The quantitative estimate of drug-likeness (QED) is 0.391. The summed E-state index contributed by atoms with van der Waals surface area (Å²) in [4.78, 5) is 26.4. The van der Waals surface area contributed by atoms with E-state index in [-0.39, 0.29) is 5.91 Å². The summed E-state index contributed by atoms with van der Waals surface area (Å²) in [5.41, 5.74) is 4.79. The van der Waals surface area contributed by atoms with Crippen molar-refractivity contribution in [2.75, 3.05) is 33.3 Å². The van der Waals surface area contributed by atoms with E-state index in [9.17, 15) is 10.1 Å². The number of piperidine rings is 1. The first-order valence-electron chi connectivity index (χ1n) is 15.0. The molecule has 3 heterocycles. The Balaban J connectivity index is 1.37. The van der Waals surface area contributed by atoms with Crippen LogP contribution in [0.4, 0.5) is 0 Å². The molecule has 0 N–H and O–H groups in total. The minimum atomic E-state index is -0.768. The molecule has 7 heteroatoms. The van der Waals surface area contributed by atoms with Crippen molar-refractivity contribution in [3.8, 4) is 12.1 Å².